The molecular weight excluding hydrogens is 176 g/mol. The van der Waals surface area contributed by atoms with Gasteiger partial charge in [0.2, 0.25) is 5.91 Å². The first-order valence-electron chi connectivity index (χ1n) is 4.62. The van der Waals surface area contributed by atoms with E-state index in [2.05, 4.69) is 16.9 Å². The summed E-state index contributed by atoms with van der Waals surface area (Å²) in [6.45, 7) is 4.06. The Hall–Kier alpha value is -1.64. The molecule has 0 saturated heterocycles. The molecule has 0 unspecified atom stereocenters. The largest absolute Gasteiger partial charge is 0.353 e. The molecule has 1 rings (SSSR count). The van der Waals surface area contributed by atoms with Crippen molar-refractivity contribution in [2.24, 2.45) is 0 Å². The van der Waals surface area contributed by atoms with Crippen LogP contribution in [0.5, 0.6) is 0 Å². The van der Waals surface area contributed by atoms with Gasteiger partial charge in [-0.3, -0.25) is 9.78 Å². The highest BCUT2D eigenvalue weighted by Crippen LogP contribution is 1.99. The minimum Gasteiger partial charge on any atom is -0.353 e. The highest BCUT2D eigenvalue weighted by molar-refractivity contribution is 5.86. The molecule has 1 N–H and O–H groups in total. The molecule has 1 amide bonds. The summed E-state index contributed by atoms with van der Waals surface area (Å²) in [7, 11) is 0. The van der Waals surface area contributed by atoms with E-state index in [0.717, 1.165) is 12.8 Å². The highest BCUT2D eigenvalue weighted by Gasteiger charge is 1.94. The lowest BCUT2D eigenvalue weighted by atomic mass is 10.1. The second-order valence-electron chi connectivity index (χ2n) is 2.95. The summed E-state index contributed by atoms with van der Waals surface area (Å²) >= 11 is 0. The number of carbonyl (C=O) groups excluding carboxylic acids is 1. The van der Waals surface area contributed by atoms with E-state index in [1.54, 1.807) is 12.4 Å². The first kappa shape index (κ1) is 10.4. The average Bonchev–Trinajstić information content (AvgIpc) is 2.25. The van der Waals surface area contributed by atoms with E-state index in [0.29, 0.717) is 6.54 Å². The van der Waals surface area contributed by atoms with Crippen LogP contribution in [-0.4, -0.2) is 17.4 Å². The summed E-state index contributed by atoms with van der Waals surface area (Å²) in [5.41, 5.74) is 1.24. The minimum atomic E-state index is -0.111. The number of amides is 1. The lowest BCUT2D eigenvalue weighted by molar-refractivity contribution is -0.116. The van der Waals surface area contributed by atoms with Gasteiger partial charge in [0.15, 0.2) is 0 Å². The van der Waals surface area contributed by atoms with Crippen molar-refractivity contribution in [1.29, 1.82) is 0 Å². The van der Waals surface area contributed by atoms with Gasteiger partial charge in [-0.15, -0.1) is 0 Å². The summed E-state index contributed by atoms with van der Waals surface area (Å²) in [5.74, 6) is -0.111. The second-order valence-corrected chi connectivity index (χ2v) is 2.95. The standard InChI is InChI=1S/C11H14N2O/c1-2-11(14)13-7-3-4-10-5-8-12-9-6-10/h2,5-6,8-9H,1,3-4,7H2,(H,13,14). The van der Waals surface area contributed by atoms with Gasteiger partial charge >= 0.3 is 0 Å². The van der Waals surface area contributed by atoms with Gasteiger partial charge < -0.3 is 5.32 Å². The first-order chi connectivity index (χ1) is 6.83. The Morgan fingerprint density at radius 3 is 2.86 bits per heavy atom. The molecule has 0 fully saturated rings. The van der Waals surface area contributed by atoms with E-state index in [9.17, 15) is 4.79 Å². The fourth-order valence-electron chi connectivity index (χ4n) is 1.13. The molecule has 0 aliphatic carbocycles. The average molecular weight is 190 g/mol. The lowest BCUT2D eigenvalue weighted by Crippen LogP contribution is -2.22. The molecule has 0 atom stereocenters. The number of aromatic nitrogens is 1. The van der Waals surface area contributed by atoms with E-state index in [-0.39, 0.29) is 5.91 Å². The summed E-state index contributed by atoms with van der Waals surface area (Å²) < 4.78 is 0. The SMILES string of the molecule is C=CC(=O)NCCCc1ccncc1. The Bertz CT molecular complexity index is 295. The maximum atomic E-state index is 10.8. The van der Waals surface area contributed by atoms with E-state index in [1.165, 1.54) is 11.6 Å². The zero-order valence-electron chi connectivity index (χ0n) is 8.07. The Kier molecular flexibility index (Phi) is 4.41. The molecule has 1 aromatic rings. The summed E-state index contributed by atoms with van der Waals surface area (Å²) in [6.07, 6.45) is 6.73. The number of aryl methyl sites for hydroxylation is 1. The van der Waals surface area contributed by atoms with Gasteiger partial charge in [0, 0.05) is 18.9 Å². The van der Waals surface area contributed by atoms with Gasteiger partial charge in [-0.25, -0.2) is 0 Å². The second kappa shape index (κ2) is 5.91. The molecule has 0 saturated carbocycles. The molecular formula is C11H14N2O. The van der Waals surface area contributed by atoms with Gasteiger partial charge in [-0.1, -0.05) is 6.58 Å². The third-order valence-corrected chi connectivity index (χ3v) is 1.88. The monoisotopic (exact) mass is 190 g/mol. The lowest BCUT2D eigenvalue weighted by Gasteiger charge is -2.01. The number of hydrogen-bond acceptors (Lipinski definition) is 2. The molecule has 1 heterocycles. The number of rotatable bonds is 5. The van der Waals surface area contributed by atoms with E-state index >= 15 is 0 Å². The van der Waals surface area contributed by atoms with Crippen LogP contribution in [0.2, 0.25) is 0 Å². The summed E-state index contributed by atoms with van der Waals surface area (Å²) in [5, 5.41) is 2.73. The van der Waals surface area contributed by atoms with Crippen LogP contribution in [0.25, 0.3) is 0 Å². The fraction of sp³-hybridized carbons (Fsp3) is 0.273. The zero-order chi connectivity index (χ0) is 10.2. The molecule has 14 heavy (non-hydrogen) atoms. The third kappa shape index (κ3) is 3.85. The van der Waals surface area contributed by atoms with E-state index in [1.807, 2.05) is 12.1 Å². The zero-order valence-corrected chi connectivity index (χ0v) is 8.07. The minimum absolute atomic E-state index is 0.111. The highest BCUT2D eigenvalue weighted by atomic mass is 16.1. The Morgan fingerprint density at radius 2 is 2.21 bits per heavy atom. The van der Waals surface area contributed by atoms with Crippen molar-refractivity contribution in [1.82, 2.24) is 10.3 Å². The van der Waals surface area contributed by atoms with E-state index < -0.39 is 0 Å². The molecule has 0 aromatic carbocycles. The normalized spacial score (nSPS) is 9.43. The van der Waals surface area contributed by atoms with Crippen molar-refractivity contribution in [3.63, 3.8) is 0 Å². The van der Waals surface area contributed by atoms with Gasteiger partial charge in [-0.05, 0) is 36.6 Å². The predicted molar refractivity (Wildman–Crippen MR) is 55.8 cm³/mol. The Morgan fingerprint density at radius 1 is 1.50 bits per heavy atom. The van der Waals surface area contributed by atoms with Crippen molar-refractivity contribution in [2.45, 2.75) is 12.8 Å². The molecule has 0 spiro atoms. The van der Waals surface area contributed by atoms with E-state index in [4.69, 9.17) is 0 Å². The molecule has 3 nitrogen and oxygen atoms in total. The van der Waals surface area contributed by atoms with Crippen molar-refractivity contribution in [3.05, 3.63) is 42.7 Å². The van der Waals surface area contributed by atoms with Gasteiger partial charge in [0.05, 0.1) is 0 Å². The Balaban J connectivity index is 2.16. The fourth-order valence-corrected chi connectivity index (χ4v) is 1.13. The van der Waals surface area contributed by atoms with Crippen LogP contribution in [0.15, 0.2) is 37.2 Å². The number of carbonyl (C=O) groups is 1. The first-order valence-corrected chi connectivity index (χ1v) is 4.62. The van der Waals surface area contributed by atoms with Gasteiger partial charge in [0.25, 0.3) is 0 Å². The number of nitrogens with one attached hydrogen (secondary N) is 1. The summed E-state index contributed by atoms with van der Waals surface area (Å²) in [4.78, 5) is 14.7. The van der Waals surface area contributed by atoms with Gasteiger partial charge in [0.1, 0.15) is 0 Å². The molecule has 74 valence electrons. The predicted octanol–water partition coefficient (Wildman–Crippen LogP) is 1.32. The number of hydrogen-bond donors (Lipinski definition) is 1. The van der Waals surface area contributed by atoms with Crippen LogP contribution < -0.4 is 5.32 Å². The topological polar surface area (TPSA) is 42.0 Å². The Labute approximate surface area is 83.9 Å². The van der Waals surface area contributed by atoms with Crippen LogP contribution in [0.4, 0.5) is 0 Å². The van der Waals surface area contributed by atoms with Crippen molar-refractivity contribution < 1.29 is 4.79 Å². The number of pyridine rings is 1. The van der Waals surface area contributed by atoms with Crippen LogP contribution in [0, 0.1) is 0 Å². The maximum Gasteiger partial charge on any atom is 0.243 e. The molecule has 0 aliphatic heterocycles. The summed E-state index contributed by atoms with van der Waals surface area (Å²) in [6, 6.07) is 3.96. The maximum absolute atomic E-state index is 10.8. The van der Waals surface area contributed by atoms with Crippen molar-refractivity contribution in [3.8, 4) is 0 Å². The number of nitrogens with zero attached hydrogens (tertiary/aromatic N) is 1. The molecule has 0 bridgehead atoms. The van der Waals surface area contributed by atoms with Crippen LogP contribution in [0.1, 0.15) is 12.0 Å². The van der Waals surface area contributed by atoms with Crippen molar-refractivity contribution in [2.75, 3.05) is 6.54 Å². The third-order valence-electron chi connectivity index (χ3n) is 1.88. The van der Waals surface area contributed by atoms with Gasteiger partial charge in [-0.2, -0.15) is 0 Å². The smallest absolute Gasteiger partial charge is 0.243 e. The molecule has 0 radical (unpaired) electrons. The van der Waals surface area contributed by atoms with Crippen LogP contribution >= 0.6 is 0 Å². The van der Waals surface area contributed by atoms with Crippen molar-refractivity contribution >= 4 is 5.91 Å². The quantitative estimate of drug-likeness (QED) is 0.562. The van der Waals surface area contributed by atoms with Crippen LogP contribution in [-0.2, 0) is 11.2 Å². The molecule has 1 aromatic heterocycles. The van der Waals surface area contributed by atoms with Crippen LogP contribution in [0.3, 0.4) is 0 Å². The molecule has 3 heteroatoms. The molecule has 0 aliphatic rings.